The second kappa shape index (κ2) is 2.17. The average Bonchev–Trinajstić information content (AvgIpc) is 1.60. The number of hydrogen-bond acceptors (Lipinski definition) is 2. The van der Waals surface area contributed by atoms with Crippen LogP contribution in [0.5, 0.6) is 0 Å². The molecule has 0 heterocycles. The van der Waals surface area contributed by atoms with Gasteiger partial charge < -0.3 is 5.73 Å². The van der Waals surface area contributed by atoms with Crippen LogP contribution in [0.2, 0.25) is 0 Å². The molecule has 0 aromatic heterocycles. The van der Waals surface area contributed by atoms with E-state index >= 15 is 0 Å². The molecule has 0 bridgehead atoms. The Morgan fingerprint density at radius 2 is 1.89 bits per heavy atom. The Kier molecular flexibility index (Phi) is 1.51. The van der Waals surface area contributed by atoms with Gasteiger partial charge in [0.25, 0.3) is 5.91 Å². The summed E-state index contributed by atoms with van der Waals surface area (Å²) < 4.78 is 0. The average molecular weight is 127 g/mol. The summed E-state index contributed by atoms with van der Waals surface area (Å²) in [6.07, 6.45) is 2.76. The number of ketones is 1. The second-order valence-electron chi connectivity index (χ2n) is 2.36. The Bertz CT molecular complexity index is 149. The number of hydrogen-bond donors (Lipinski definition) is 1. The number of carbonyl (C=O) groups is 2. The summed E-state index contributed by atoms with van der Waals surface area (Å²) in [5.74, 6) is -1.21. The van der Waals surface area contributed by atoms with Crippen molar-refractivity contribution in [3.8, 4) is 0 Å². The predicted octanol–water partition coefficient (Wildman–Crippen LogP) is -0.159. The van der Waals surface area contributed by atoms with E-state index in [1.165, 1.54) is 0 Å². The topological polar surface area (TPSA) is 60.2 Å². The van der Waals surface area contributed by atoms with Crippen LogP contribution in [0, 0.1) is 5.92 Å². The molecule has 0 unspecified atom stereocenters. The van der Waals surface area contributed by atoms with Gasteiger partial charge in [-0.1, -0.05) is 6.42 Å². The lowest BCUT2D eigenvalue weighted by Crippen LogP contribution is -2.33. The van der Waals surface area contributed by atoms with Crippen molar-refractivity contribution in [2.75, 3.05) is 0 Å². The zero-order valence-corrected chi connectivity index (χ0v) is 5.09. The van der Waals surface area contributed by atoms with Crippen molar-refractivity contribution in [1.82, 2.24) is 0 Å². The molecule has 1 amide bonds. The van der Waals surface area contributed by atoms with E-state index in [1.54, 1.807) is 0 Å². The molecule has 0 saturated heterocycles. The molecule has 0 spiro atoms. The summed E-state index contributed by atoms with van der Waals surface area (Å²) in [5.41, 5.74) is 4.76. The molecule has 0 aliphatic heterocycles. The van der Waals surface area contributed by atoms with Crippen LogP contribution in [0.3, 0.4) is 0 Å². The van der Waals surface area contributed by atoms with E-state index in [-0.39, 0.29) is 11.7 Å². The second-order valence-corrected chi connectivity index (χ2v) is 2.36. The van der Waals surface area contributed by atoms with Gasteiger partial charge >= 0.3 is 0 Å². The van der Waals surface area contributed by atoms with Gasteiger partial charge in [-0.25, -0.2) is 0 Å². The Morgan fingerprint density at radius 3 is 2.00 bits per heavy atom. The summed E-state index contributed by atoms with van der Waals surface area (Å²) >= 11 is 0. The van der Waals surface area contributed by atoms with Crippen molar-refractivity contribution in [3.05, 3.63) is 0 Å². The van der Waals surface area contributed by atoms with Crippen LogP contribution in [0.25, 0.3) is 0 Å². The van der Waals surface area contributed by atoms with Gasteiger partial charge in [-0.05, 0) is 12.8 Å². The van der Waals surface area contributed by atoms with Gasteiger partial charge in [-0.3, -0.25) is 9.59 Å². The number of rotatable bonds is 2. The quantitative estimate of drug-likeness (QED) is 0.524. The summed E-state index contributed by atoms with van der Waals surface area (Å²) in [6.45, 7) is 0. The van der Waals surface area contributed by atoms with E-state index in [9.17, 15) is 9.59 Å². The molecule has 1 aliphatic rings. The third-order valence-corrected chi connectivity index (χ3v) is 1.72. The van der Waals surface area contributed by atoms with Crippen LogP contribution in [0.1, 0.15) is 19.3 Å². The molecule has 3 heteroatoms. The van der Waals surface area contributed by atoms with E-state index in [4.69, 9.17) is 5.73 Å². The SMILES string of the molecule is NC(=O)C(=O)C1CCC1. The number of Topliss-reactive ketones (excluding diaryl/α,β-unsaturated/α-hetero) is 1. The summed E-state index contributed by atoms with van der Waals surface area (Å²) in [5, 5.41) is 0. The van der Waals surface area contributed by atoms with Crippen molar-refractivity contribution in [1.29, 1.82) is 0 Å². The summed E-state index contributed by atoms with van der Waals surface area (Å²) in [6, 6.07) is 0. The highest BCUT2D eigenvalue weighted by Crippen LogP contribution is 2.26. The normalized spacial score (nSPS) is 18.7. The van der Waals surface area contributed by atoms with E-state index in [1.807, 2.05) is 0 Å². The lowest BCUT2D eigenvalue weighted by atomic mass is 9.82. The van der Waals surface area contributed by atoms with Crippen molar-refractivity contribution in [2.45, 2.75) is 19.3 Å². The minimum absolute atomic E-state index is 0.0394. The van der Waals surface area contributed by atoms with Gasteiger partial charge in [-0.15, -0.1) is 0 Å². The molecule has 0 aromatic carbocycles. The zero-order chi connectivity index (χ0) is 6.85. The molecule has 1 saturated carbocycles. The maximum atomic E-state index is 10.7. The maximum Gasteiger partial charge on any atom is 0.285 e. The molecule has 0 radical (unpaired) electrons. The van der Waals surface area contributed by atoms with Gasteiger partial charge in [0.15, 0.2) is 0 Å². The summed E-state index contributed by atoms with van der Waals surface area (Å²) in [4.78, 5) is 20.9. The van der Waals surface area contributed by atoms with Crippen molar-refractivity contribution >= 4 is 11.7 Å². The molecular formula is C6H9NO2. The minimum atomic E-state index is -0.778. The molecule has 1 rings (SSSR count). The highest BCUT2D eigenvalue weighted by molar-refractivity contribution is 6.36. The smallest absolute Gasteiger partial charge is 0.285 e. The zero-order valence-electron chi connectivity index (χ0n) is 5.09. The Balaban J connectivity index is 2.42. The highest BCUT2D eigenvalue weighted by Gasteiger charge is 2.28. The van der Waals surface area contributed by atoms with Gasteiger partial charge in [0.1, 0.15) is 0 Å². The van der Waals surface area contributed by atoms with E-state index in [2.05, 4.69) is 0 Å². The first-order chi connectivity index (χ1) is 4.22. The van der Waals surface area contributed by atoms with E-state index in [0.717, 1.165) is 19.3 Å². The highest BCUT2D eigenvalue weighted by atomic mass is 16.2. The first-order valence-electron chi connectivity index (χ1n) is 3.05. The first-order valence-corrected chi connectivity index (χ1v) is 3.05. The van der Waals surface area contributed by atoms with Gasteiger partial charge in [0, 0.05) is 5.92 Å². The molecule has 3 nitrogen and oxygen atoms in total. The third kappa shape index (κ3) is 1.09. The molecule has 1 fully saturated rings. The van der Waals surface area contributed by atoms with Crippen molar-refractivity contribution in [3.63, 3.8) is 0 Å². The Hall–Kier alpha value is -0.860. The molecule has 1 aliphatic carbocycles. The molecule has 0 aromatic rings. The number of carbonyl (C=O) groups excluding carboxylic acids is 2. The van der Waals surface area contributed by atoms with Crippen molar-refractivity contribution in [2.24, 2.45) is 11.7 Å². The van der Waals surface area contributed by atoms with Crippen LogP contribution < -0.4 is 5.73 Å². The minimum Gasteiger partial charge on any atom is -0.363 e. The fourth-order valence-electron chi connectivity index (χ4n) is 0.872. The third-order valence-electron chi connectivity index (χ3n) is 1.72. The molecular weight excluding hydrogens is 118 g/mol. The maximum absolute atomic E-state index is 10.7. The molecule has 9 heavy (non-hydrogen) atoms. The Labute approximate surface area is 53.2 Å². The predicted molar refractivity (Wildman–Crippen MR) is 31.5 cm³/mol. The van der Waals surface area contributed by atoms with Gasteiger partial charge in [0.2, 0.25) is 5.78 Å². The lowest BCUT2D eigenvalue weighted by molar-refractivity contribution is -0.139. The monoisotopic (exact) mass is 127 g/mol. The molecule has 0 atom stereocenters. The van der Waals surface area contributed by atoms with E-state index in [0.29, 0.717) is 0 Å². The van der Waals surface area contributed by atoms with Gasteiger partial charge in [-0.2, -0.15) is 0 Å². The van der Waals surface area contributed by atoms with Crippen LogP contribution in [-0.4, -0.2) is 11.7 Å². The largest absolute Gasteiger partial charge is 0.363 e. The number of amides is 1. The molecule has 50 valence electrons. The van der Waals surface area contributed by atoms with Crippen LogP contribution in [0.4, 0.5) is 0 Å². The Morgan fingerprint density at radius 1 is 1.33 bits per heavy atom. The van der Waals surface area contributed by atoms with E-state index < -0.39 is 5.91 Å². The number of primary amides is 1. The number of nitrogens with two attached hydrogens (primary N) is 1. The van der Waals surface area contributed by atoms with Crippen LogP contribution in [-0.2, 0) is 9.59 Å². The van der Waals surface area contributed by atoms with Crippen LogP contribution in [0.15, 0.2) is 0 Å². The standard InChI is InChI=1S/C6H9NO2/c7-6(9)5(8)4-2-1-3-4/h4H,1-3H2,(H2,7,9). The lowest BCUT2D eigenvalue weighted by Gasteiger charge is -2.21. The van der Waals surface area contributed by atoms with Gasteiger partial charge in [0.05, 0.1) is 0 Å². The van der Waals surface area contributed by atoms with Crippen LogP contribution >= 0.6 is 0 Å². The summed E-state index contributed by atoms with van der Waals surface area (Å²) in [7, 11) is 0. The van der Waals surface area contributed by atoms with Crippen molar-refractivity contribution < 1.29 is 9.59 Å². The first kappa shape index (κ1) is 6.26. The fourth-order valence-corrected chi connectivity index (χ4v) is 0.872. The fraction of sp³-hybridized carbons (Fsp3) is 0.667. The molecule has 2 N–H and O–H groups in total.